The monoisotopic (exact) mass is 455 g/mol. The van der Waals surface area contributed by atoms with Gasteiger partial charge in [0.15, 0.2) is 11.0 Å². The standard InChI is InChI=1S/C24H21N7OS/c1-2-16-31-23(18-12-14-25-15-13-18)29-30-24(31)33-17-22(32)26-19-8-10-21(11-9-19)28-27-20-6-4-3-5-7-20/h2-15H,1,16-17H2,(H,26,32). The molecule has 164 valence electrons. The molecule has 0 aliphatic heterocycles. The largest absolute Gasteiger partial charge is 0.325 e. The number of benzene rings is 2. The summed E-state index contributed by atoms with van der Waals surface area (Å²) in [6, 6.07) is 20.4. The molecule has 0 radical (unpaired) electrons. The van der Waals surface area contributed by atoms with Crippen LogP contribution >= 0.6 is 11.8 Å². The first-order chi connectivity index (χ1) is 16.2. The zero-order chi connectivity index (χ0) is 22.9. The van der Waals surface area contributed by atoms with E-state index in [4.69, 9.17) is 0 Å². The summed E-state index contributed by atoms with van der Waals surface area (Å²) in [6.07, 6.45) is 5.18. The molecule has 8 nitrogen and oxygen atoms in total. The fraction of sp³-hybridized carbons (Fsp3) is 0.0833. The number of hydrogen-bond acceptors (Lipinski definition) is 7. The van der Waals surface area contributed by atoms with Gasteiger partial charge in [-0.15, -0.1) is 16.8 Å². The molecule has 0 aliphatic rings. The van der Waals surface area contributed by atoms with Gasteiger partial charge in [0.1, 0.15) is 0 Å². The van der Waals surface area contributed by atoms with Crippen molar-refractivity contribution in [2.75, 3.05) is 11.1 Å². The number of allylic oxidation sites excluding steroid dienone is 1. The summed E-state index contributed by atoms with van der Waals surface area (Å²) < 4.78 is 1.92. The van der Waals surface area contributed by atoms with E-state index in [-0.39, 0.29) is 11.7 Å². The lowest BCUT2D eigenvalue weighted by Gasteiger charge is -2.08. The first-order valence-corrected chi connectivity index (χ1v) is 11.2. The van der Waals surface area contributed by atoms with Crippen molar-refractivity contribution in [2.24, 2.45) is 10.2 Å². The minimum Gasteiger partial charge on any atom is -0.325 e. The van der Waals surface area contributed by atoms with Gasteiger partial charge in [0.05, 0.1) is 17.1 Å². The zero-order valence-corrected chi connectivity index (χ0v) is 18.5. The summed E-state index contributed by atoms with van der Waals surface area (Å²) in [5.74, 6) is 0.763. The molecule has 9 heteroatoms. The summed E-state index contributed by atoms with van der Waals surface area (Å²) in [5.41, 5.74) is 3.07. The Morgan fingerprint density at radius 1 is 0.970 bits per heavy atom. The van der Waals surface area contributed by atoms with E-state index in [1.165, 1.54) is 11.8 Å². The Bertz CT molecular complexity index is 1240. The first-order valence-electron chi connectivity index (χ1n) is 10.2. The lowest BCUT2D eigenvalue weighted by Crippen LogP contribution is -2.14. The molecule has 2 heterocycles. The summed E-state index contributed by atoms with van der Waals surface area (Å²) in [6.45, 7) is 4.34. The summed E-state index contributed by atoms with van der Waals surface area (Å²) in [5, 5.41) is 20.5. The minimum atomic E-state index is -0.141. The molecule has 0 saturated carbocycles. The minimum absolute atomic E-state index is 0.141. The van der Waals surface area contributed by atoms with E-state index in [1.54, 1.807) is 42.7 Å². The van der Waals surface area contributed by atoms with Crippen molar-refractivity contribution in [3.8, 4) is 11.4 Å². The molecule has 0 atom stereocenters. The highest BCUT2D eigenvalue weighted by Gasteiger charge is 2.15. The highest BCUT2D eigenvalue weighted by atomic mass is 32.2. The third-order valence-electron chi connectivity index (χ3n) is 4.49. The smallest absolute Gasteiger partial charge is 0.234 e. The second kappa shape index (κ2) is 11.0. The van der Waals surface area contributed by atoms with E-state index in [2.05, 4.69) is 37.3 Å². The van der Waals surface area contributed by atoms with Gasteiger partial charge in [0.25, 0.3) is 0 Å². The second-order valence-electron chi connectivity index (χ2n) is 6.86. The van der Waals surface area contributed by atoms with Gasteiger partial charge in [-0.3, -0.25) is 14.3 Å². The molecule has 0 bridgehead atoms. The molecule has 0 unspecified atom stereocenters. The number of thioether (sulfide) groups is 1. The Balaban J connectivity index is 1.35. The van der Waals surface area contributed by atoms with Crippen molar-refractivity contribution in [1.29, 1.82) is 0 Å². The maximum absolute atomic E-state index is 12.5. The number of azo groups is 1. The molecular formula is C24H21N7OS. The van der Waals surface area contributed by atoms with Crippen molar-refractivity contribution in [3.63, 3.8) is 0 Å². The van der Waals surface area contributed by atoms with Crippen molar-refractivity contribution in [2.45, 2.75) is 11.7 Å². The molecule has 4 rings (SSSR count). The number of rotatable bonds is 9. The number of nitrogens with zero attached hydrogens (tertiary/aromatic N) is 6. The molecule has 0 spiro atoms. The van der Waals surface area contributed by atoms with Crippen molar-refractivity contribution < 1.29 is 4.79 Å². The van der Waals surface area contributed by atoms with Gasteiger partial charge in [-0.25, -0.2) is 0 Å². The fourth-order valence-electron chi connectivity index (χ4n) is 2.95. The van der Waals surface area contributed by atoms with Gasteiger partial charge < -0.3 is 5.32 Å². The van der Waals surface area contributed by atoms with Gasteiger partial charge >= 0.3 is 0 Å². The quantitative estimate of drug-likeness (QED) is 0.199. The number of aromatic nitrogens is 4. The number of hydrogen-bond donors (Lipinski definition) is 1. The molecule has 4 aromatic rings. The van der Waals surface area contributed by atoms with Crippen LogP contribution in [0.15, 0.2) is 107 Å². The average molecular weight is 456 g/mol. The van der Waals surface area contributed by atoms with Crippen LogP contribution in [0.25, 0.3) is 11.4 Å². The molecular weight excluding hydrogens is 434 g/mol. The molecule has 33 heavy (non-hydrogen) atoms. The number of carbonyl (C=O) groups excluding carboxylic acids is 1. The zero-order valence-electron chi connectivity index (χ0n) is 17.7. The molecule has 0 saturated heterocycles. The lowest BCUT2D eigenvalue weighted by atomic mass is 10.2. The van der Waals surface area contributed by atoms with Gasteiger partial charge in [0.2, 0.25) is 5.91 Å². The Morgan fingerprint density at radius 3 is 2.36 bits per heavy atom. The molecule has 0 fully saturated rings. The van der Waals surface area contributed by atoms with Crippen LogP contribution in [0.4, 0.5) is 17.1 Å². The first kappa shape index (κ1) is 22.1. The van der Waals surface area contributed by atoms with Crippen LogP contribution in [-0.2, 0) is 11.3 Å². The van der Waals surface area contributed by atoms with Crippen molar-refractivity contribution >= 4 is 34.7 Å². The Morgan fingerprint density at radius 2 is 1.67 bits per heavy atom. The Hall–Kier alpha value is -4.11. The maximum atomic E-state index is 12.5. The van der Waals surface area contributed by atoms with E-state index < -0.39 is 0 Å². The Kier molecular flexibility index (Phi) is 7.34. The summed E-state index contributed by atoms with van der Waals surface area (Å²) >= 11 is 1.32. The van der Waals surface area contributed by atoms with Gasteiger partial charge in [0, 0.05) is 30.2 Å². The number of amides is 1. The van der Waals surface area contributed by atoms with Crippen LogP contribution in [-0.4, -0.2) is 31.4 Å². The average Bonchev–Trinajstić information content (AvgIpc) is 3.26. The lowest BCUT2D eigenvalue weighted by molar-refractivity contribution is -0.113. The number of carbonyl (C=O) groups is 1. The van der Waals surface area contributed by atoms with Crippen LogP contribution < -0.4 is 5.32 Å². The predicted molar refractivity (Wildman–Crippen MR) is 130 cm³/mol. The van der Waals surface area contributed by atoms with Crippen LogP contribution in [0, 0.1) is 0 Å². The Labute approximate surface area is 195 Å². The second-order valence-corrected chi connectivity index (χ2v) is 7.80. The van der Waals surface area contributed by atoms with Crippen molar-refractivity contribution in [1.82, 2.24) is 19.7 Å². The molecule has 2 aromatic carbocycles. The number of pyridine rings is 1. The molecule has 0 aliphatic carbocycles. The third kappa shape index (κ3) is 5.98. The number of anilines is 1. The van der Waals surface area contributed by atoms with Crippen molar-refractivity contribution in [3.05, 3.63) is 91.8 Å². The van der Waals surface area contributed by atoms with E-state index in [1.807, 2.05) is 47.0 Å². The van der Waals surface area contributed by atoms with Crippen LogP contribution in [0.3, 0.4) is 0 Å². The normalized spacial score (nSPS) is 10.9. The maximum Gasteiger partial charge on any atom is 0.234 e. The van der Waals surface area contributed by atoms with Crippen LogP contribution in [0.5, 0.6) is 0 Å². The SMILES string of the molecule is C=CCn1c(SCC(=O)Nc2ccc(N=Nc3ccccc3)cc2)nnc1-c1ccncc1. The van der Waals surface area contributed by atoms with Gasteiger partial charge in [-0.2, -0.15) is 10.2 Å². The fourth-order valence-corrected chi connectivity index (χ4v) is 3.70. The van der Waals surface area contributed by atoms with Gasteiger partial charge in [-0.05, 0) is 48.5 Å². The summed E-state index contributed by atoms with van der Waals surface area (Å²) in [7, 11) is 0. The van der Waals surface area contributed by atoms with E-state index >= 15 is 0 Å². The van der Waals surface area contributed by atoms with Crippen LogP contribution in [0.1, 0.15) is 0 Å². The highest BCUT2D eigenvalue weighted by Crippen LogP contribution is 2.24. The molecule has 1 N–H and O–H groups in total. The van der Waals surface area contributed by atoms with E-state index in [0.29, 0.717) is 28.9 Å². The topological polar surface area (TPSA) is 97.4 Å². The third-order valence-corrected chi connectivity index (χ3v) is 5.45. The van der Waals surface area contributed by atoms with E-state index in [0.717, 1.165) is 11.3 Å². The summed E-state index contributed by atoms with van der Waals surface area (Å²) in [4.78, 5) is 16.5. The molecule has 2 aromatic heterocycles. The highest BCUT2D eigenvalue weighted by molar-refractivity contribution is 7.99. The predicted octanol–water partition coefficient (Wildman–Crippen LogP) is 5.67. The van der Waals surface area contributed by atoms with Gasteiger partial charge in [-0.1, -0.05) is 36.0 Å². The van der Waals surface area contributed by atoms with Crippen LogP contribution in [0.2, 0.25) is 0 Å². The van der Waals surface area contributed by atoms with E-state index in [9.17, 15) is 4.79 Å². The molecule has 1 amide bonds. The number of nitrogens with one attached hydrogen (secondary N) is 1.